The van der Waals surface area contributed by atoms with Crippen LogP contribution in [0.5, 0.6) is 0 Å². The molecule has 2 saturated heterocycles. The van der Waals surface area contributed by atoms with Crippen LogP contribution in [0.2, 0.25) is 0 Å². The van der Waals surface area contributed by atoms with E-state index >= 15 is 0 Å². The van der Waals surface area contributed by atoms with Crippen molar-refractivity contribution in [3.8, 4) is 0 Å². The highest BCUT2D eigenvalue weighted by atomic mass is 16.6. The van der Waals surface area contributed by atoms with Crippen LogP contribution in [0, 0.1) is 5.92 Å². The van der Waals surface area contributed by atoms with Gasteiger partial charge in [0.1, 0.15) is 6.61 Å². The molecule has 3 N–H and O–H groups in total. The molecule has 2 aromatic rings. The van der Waals surface area contributed by atoms with Crippen LogP contribution in [0.15, 0.2) is 24.4 Å². The lowest BCUT2D eigenvalue weighted by molar-refractivity contribution is 0.177. The Hall–Kier alpha value is -2.01. The van der Waals surface area contributed by atoms with Crippen molar-refractivity contribution in [2.45, 2.75) is 44.6 Å². The number of ether oxygens (including phenoxy) is 1. The lowest BCUT2D eigenvalue weighted by Crippen LogP contribution is -2.28. The van der Waals surface area contributed by atoms with E-state index in [1.807, 2.05) is 0 Å². The molecule has 4 rings (SSSR count). The monoisotopic (exact) mass is 341 g/mol. The molecule has 134 valence electrons. The van der Waals surface area contributed by atoms with Gasteiger partial charge in [-0.05, 0) is 74.4 Å². The summed E-state index contributed by atoms with van der Waals surface area (Å²) in [6, 6.07) is 6.66. The van der Waals surface area contributed by atoms with E-state index in [0.29, 0.717) is 6.61 Å². The number of aryl methyl sites for hydroxylation is 1. The van der Waals surface area contributed by atoms with E-state index in [0.717, 1.165) is 18.8 Å². The van der Waals surface area contributed by atoms with E-state index in [1.165, 1.54) is 60.8 Å². The highest BCUT2D eigenvalue weighted by Gasteiger charge is 2.22. The second kappa shape index (κ2) is 7.48. The molecule has 0 saturated carbocycles. The average Bonchev–Trinajstić information content (AvgIpc) is 3.22. The quantitative estimate of drug-likeness (QED) is 0.756. The predicted molar refractivity (Wildman–Crippen MR) is 98.8 cm³/mol. The number of piperidine rings is 1. The number of fused-ring (bicyclic) bond motifs is 1. The van der Waals surface area contributed by atoms with E-state index in [-0.39, 0.29) is 12.1 Å². The van der Waals surface area contributed by atoms with Gasteiger partial charge in [-0.2, -0.15) is 0 Å². The molecule has 3 heterocycles. The van der Waals surface area contributed by atoms with Crippen molar-refractivity contribution in [1.29, 1.82) is 0 Å². The maximum Gasteiger partial charge on any atom is 0.407 e. The molecule has 1 amide bonds. The number of aromatic nitrogens is 1. The Bertz CT molecular complexity index is 734. The van der Waals surface area contributed by atoms with Crippen LogP contribution in [-0.4, -0.2) is 36.8 Å². The van der Waals surface area contributed by atoms with E-state index in [1.54, 1.807) is 0 Å². The van der Waals surface area contributed by atoms with Crippen molar-refractivity contribution < 1.29 is 9.53 Å². The number of alkyl carbamates (subject to hydrolysis) is 1. The SMILES string of the molecule is O=C1NC(Cc2ccc3[nH]cc(CCCC4CCNCC4)c3c2)CO1. The predicted octanol–water partition coefficient (Wildman–Crippen LogP) is 3.14. The largest absolute Gasteiger partial charge is 0.447 e. The molecule has 5 heteroatoms. The van der Waals surface area contributed by atoms with Crippen LogP contribution in [0.3, 0.4) is 0 Å². The molecular weight excluding hydrogens is 314 g/mol. The summed E-state index contributed by atoms with van der Waals surface area (Å²) in [5.74, 6) is 0.896. The van der Waals surface area contributed by atoms with E-state index in [4.69, 9.17) is 4.74 Å². The van der Waals surface area contributed by atoms with Gasteiger partial charge in [-0.15, -0.1) is 0 Å². The summed E-state index contributed by atoms with van der Waals surface area (Å²) in [5.41, 5.74) is 3.87. The van der Waals surface area contributed by atoms with Crippen molar-refractivity contribution >= 4 is 17.0 Å². The third-order valence-electron chi connectivity index (χ3n) is 5.57. The number of amides is 1. The number of hydrogen-bond donors (Lipinski definition) is 3. The molecule has 5 nitrogen and oxygen atoms in total. The molecule has 0 aliphatic carbocycles. The number of H-pyrrole nitrogens is 1. The average molecular weight is 341 g/mol. The lowest BCUT2D eigenvalue weighted by Gasteiger charge is -2.22. The maximum atomic E-state index is 11.2. The topological polar surface area (TPSA) is 66.2 Å². The highest BCUT2D eigenvalue weighted by molar-refractivity contribution is 5.84. The second-order valence-corrected chi connectivity index (χ2v) is 7.42. The molecule has 0 spiro atoms. The van der Waals surface area contributed by atoms with Crippen molar-refractivity contribution in [2.24, 2.45) is 5.92 Å². The Morgan fingerprint density at radius 1 is 1.20 bits per heavy atom. The molecule has 1 aromatic carbocycles. The molecular formula is C20H27N3O2. The number of rotatable bonds is 6. The summed E-state index contributed by atoms with van der Waals surface area (Å²) in [6.07, 6.45) is 9.07. The molecule has 2 aliphatic heterocycles. The molecule has 2 aliphatic rings. The van der Waals surface area contributed by atoms with Crippen molar-refractivity contribution in [2.75, 3.05) is 19.7 Å². The maximum absolute atomic E-state index is 11.2. The van der Waals surface area contributed by atoms with Gasteiger partial charge in [0.15, 0.2) is 0 Å². The minimum atomic E-state index is -0.300. The second-order valence-electron chi connectivity index (χ2n) is 7.42. The zero-order valence-corrected chi connectivity index (χ0v) is 14.6. The first-order chi connectivity index (χ1) is 12.3. The van der Waals surface area contributed by atoms with Crippen LogP contribution in [0.1, 0.15) is 36.8 Å². The summed E-state index contributed by atoms with van der Waals surface area (Å²) in [6.45, 7) is 2.83. The molecule has 1 aromatic heterocycles. The Labute approximate surface area is 148 Å². The van der Waals surface area contributed by atoms with Crippen LogP contribution < -0.4 is 10.6 Å². The molecule has 0 bridgehead atoms. The first-order valence-electron chi connectivity index (χ1n) is 9.51. The van der Waals surface area contributed by atoms with E-state index in [9.17, 15) is 4.79 Å². The van der Waals surface area contributed by atoms with Crippen molar-refractivity contribution in [3.63, 3.8) is 0 Å². The minimum absolute atomic E-state index is 0.0900. The summed E-state index contributed by atoms with van der Waals surface area (Å²) in [4.78, 5) is 14.6. The van der Waals surface area contributed by atoms with Crippen molar-refractivity contribution in [3.05, 3.63) is 35.5 Å². The van der Waals surface area contributed by atoms with Crippen LogP contribution in [-0.2, 0) is 17.6 Å². The summed E-state index contributed by atoms with van der Waals surface area (Å²) >= 11 is 0. The molecule has 0 radical (unpaired) electrons. The smallest absolute Gasteiger partial charge is 0.407 e. The minimum Gasteiger partial charge on any atom is -0.447 e. The number of hydrogen-bond acceptors (Lipinski definition) is 3. The Balaban J connectivity index is 1.38. The number of carbonyl (C=O) groups excluding carboxylic acids is 1. The number of cyclic esters (lactones) is 1. The van der Waals surface area contributed by atoms with Gasteiger partial charge in [-0.3, -0.25) is 0 Å². The first kappa shape index (κ1) is 16.5. The third kappa shape index (κ3) is 3.98. The standard InChI is InChI=1S/C20H27N3O2/c24-20-23-17(13-25-20)10-15-4-5-19-18(11-15)16(12-22-19)3-1-2-14-6-8-21-9-7-14/h4-5,11-12,14,17,21-22H,1-3,6-10,13H2,(H,23,24). The van der Waals surface area contributed by atoms with Gasteiger partial charge in [0.2, 0.25) is 0 Å². The van der Waals surface area contributed by atoms with Gasteiger partial charge < -0.3 is 20.4 Å². The highest BCUT2D eigenvalue weighted by Crippen LogP contribution is 2.25. The fourth-order valence-electron chi connectivity index (χ4n) is 4.13. The Morgan fingerprint density at radius 3 is 2.88 bits per heavy atom. The zero-order valence-electron chi connectivity index (χ0n) is 14.6. The first-order valence-corrected chi connectivity index (χ1v) is 9.51. The molecule has 1 atom stereocenters. The van der Waals surface area contributed by atoms with Crippen LogP contribution in [0.4, 0.5) is 4.79 Å². The lowest BCUT2D eigenvalue weighted by atomic mass is 9.91. The normalized spacial score (nSPS) is 21.4. The molecule has 1 unspecified atom stereocenters. The third-order valence-corrected chi connectivity index (χ3v) is 5.57. The fourth-order valence-corrected chi connectivity index (χ4v) is 4.13. The van der Waals surface area contributed by atoms with Crippen LogP contribution in [0.25, 0.3) is 10.9 Å². The van der Waals surface area contributed by atoms with Gasteiger partial charge in [-0.1, -0.05) is 12.5 Å². The van der Waals surface area contributed by atoms with Gasteiger partial charge in [0.25, 0.3) is 0 Å². The summed E-state index contributed by atoms with van der Waals surface area (Å²) in [5, 5.41) is 7.62. The molecule has 25 heavy (non-hydrogen) atoms. The van der Waals surface area contributed by atoms with Gasteiger partial charge in [0, 0.05) is 17.1 Å². The summed E-state index contributed by atoms with van der Waals surface area (Å²) < 4.78 is 4.98. The van der Waals surface area contributed by atoms with E-state index in [2.05, 4.69) is 40.0 Å². The number of aromatic amines is 1. The van der Waals surface area contributed by atoms with E-state index < -0.39 is 0 Å². The number of nitrogens with one attached hydrogen (secondary N) is 3. The zero-order chi connectivity index (χ0) is 17.1. The Morgan fingerprint density at radius 2 is 2.08 bits per heavy atom. The fraction of sp³-hybridized carbons (Fsp3) is 0.550. The van der Waals surface area contributed by atoms with Gasteiger partial charge in [-0.25, -0.2) is 4.79 Å². The summed E-state index contributed by atoms with van der Waals surface area (Å²) in [7, 11) is 0. The van der Waals surface area contributed by atoms with Gasteiger partial charge >= 0.3 is 6.09 Å². The number of carbonyl (C=O) groups is 1. The van der Waals surface area contributed by atoms with Crippen molar-refractivity contribution in [1.82, 2.24) is 15.6 Å². The Kier molecular flexibility index (Phi) is 4.92. The van der Waals surface area contributed by atoms with Gasteiger partial charge in [0.05, 0.1) is 6.04 Å². The van der Waals surface area contributed by atoms with Crippen LogP contribution >= 0.6 is 0 Å². The number of benzene rings is 1. The molecule has 2 fully saturated rings.